The van der Waals surface area contributed by atoms with Crippen LogP contribution in [0.1, 0.15) is 22.8 Å². The number of amides is 1. The van der Waals surface area contributed by atoms with Crippen LogP contribution < -0.4 is 14.8 Å². The third-order valence-corrected chi connectivity index (χ3v) is 3.93. The first-order valence-corrected chi connectivity index (χ1v) is 8.87. The average Bonchev–Trinajstić information content (AvgIpc) is 2.71. The molecule has 0 bridgehead atoms. The molecule has 0 aliphatic carbocycles. The maximum atomic E-state index is 12.8. The topological polar surface area (TPSA) is 90.9 Å². The Morgan fingerprint density at radius 2 is 1.72 bits per heavy atom. The number of hydrogen-bond donors (Lipinski definition) is 1. The Morgan fingerprint density at radius 1 is 1.00 bits per heavy atom. The molecule has 154 valence electrons. The van der Waals surface area contributed by atoms with E-state index in [0.29, 0.717) is 24.3 Å². The summed E-state index contributed by atoms with van der Waals surface area (Å²) in [7, 11) is 1.42. The first-order chi connectivity index (χ1) is 13.9. The Kier molecular flexibility index (Phi) is 8.14. The molecular weight excluding hydrogens is 381 g/mol. The van der Waals surface area contributed by atoms with Crippen molar-refractivity contribution in [2.24, 2.45) is 0 Å². The van der Waals surface area contributed by atoms with Crippen molar-refractivity contribution >= 4 is 17.7 Å². The lowest BCUT2D eigenvalue weighted by Crippen LogP contribution is -2.31. The van der Waals surface area contributed by atoms with Crippen molar-refractivity contribution in [3.05, 3.63) is 59.4 Å². The van der Waals surface area contributed by atoms with E-state index in [9.17, 15) is 18.8 Å². The smallest absolute Gasteiger partial charge is 0.344 e. The molecule has 0 spiro atoms. The first kappa shape index (κ1) is 21.9. The Hall–Kier alpha value is -3.42. The van der Waals surface area contributed by atoms with E-state index in [0.717, 1.165) is 5.56 Å². The summed E-state index contributed by atoms with van der Waals surface area (Å²) in [5, 5.41) is 2.61. The maximum Gasteiger partial charge on any atom is 0.344 e. The second-order valence-electron chi connectivity index (χ2n) is 6.10. The van der Waals surface area contributed by atoms with E-state index in [1.165, 1.54) is 38.3 Å². The molecule has 29 heavy (non-hydrogen) atoms. The summed E-state index contributed by atoms with van der Waals surface area (Å²) in [5.41, 5.74) is 1.33. The van der Waals surface area contributed by atoms with Gasteiger partial charge in [-0.3, -0.25) is 9.59 Å². The van der Waals surface area contributed by atoms with Gasteiger partial charge in [-0.2, -0.15) is 0 Å². The molecule has 1 N–H and O–H groups in total. The molecule has 0 heterocycles. The summed E-state index contributed by atoms with van der Waals surface area (Å²) in [6.45, 7) is 0.903. The maximum absolute atomic E-state index is 12.8. The zero-order chi connectivity index (χ0) is 21.2. The van der Waals surface area contributed by atoms with E-state index >= 15 is 0 Å². The van der Waals surface area contributed by atoms with Crippen molar-refractivity contribution in [3.63, 3.8) is 0 Å². The van der Waals surface area contributed by atoms with Crippen LogP contribution in [0.2, 0.25) is 0 Å². The van der Waals surface area contributed by atoms with Crippen LogP contribution in [0.4, 0.5) is 4.39 Å². The highest BCUT2D eigenvalue weighted by Gasteiger charge is 2.12. The van der Waals surface area contributed by atoms with Crippen LogP contribution in [-0.4, -0.2) is 44.5 Å². The van der Waals surface area contributed by atoms with Gasteiger partial charge in [-0.1, -0.05) is 12.1 Å². The number of methoxy groups -OCH3 is 1. The molecule has 2 rings (SSSR count). The van der Waals surface area contributed by atoms with Crippen LogP contribution >= 0.6 is 0 Å². The van der Waals surface area contributed by atoms with Crippen LogP contribution in [0.15, 0.2) is 42.5 Å². The lowest BCUT2D eigenvalue weighted by atomic mass is 10.1. The van der Waals surface area contributed by atoms with Crippen molar-refractivity contribution in [3.8, 4) is 11.5 Å². The monoisotopic (exact) mass is 403 g/mol. The highest BCUT2D eigenvalue weighted by atomic mass is 19.1. The van der Waals surface area contributed by atoms with Crippen molar-refractivity contribution < 1.29 is 33.0 Å². The van der Waals surface area contributed by atoms with E-state index in [4.69, 9.17) is 14.2 Å². The van der Waals surface area contributed by atoms with Gasteiger partial charge < -0.3 is 19.5 Å². The van der Waals surface area contributed by atoms with E-state index < -0.39 is 25.1 Å². The largest absolute Gasteiger partial charge is 0.493 e. The van der Waals surface area contributed by atoms with Gasteiger partial charge in [0.1, 0.15) is 5.82 Å². The Labute approximate surface area is 167 Å². The van der Waals surface area contributed by atoms with Gasteiger partial charge in [-0.05, 0) is 49.2 Å². The minimum atomic E-state index is -0.726. The van der Waals surface area contributed by atoms with Crippen LogP contribution in [0.3, 0.4) is 0 Å². The summed E-state index contributed by atoms with van der Waals surface area (Å²) in [6.07, 6.45) is 0.527. The molecule has 2 aromatic rings. The fourth-order valence-corrected chi connectivity index (χ4v) is 2.38. The van der Waals surface area contributed by atoms with Gasteiger partial charge >= 0.3 is 5.97 Å². The summed E-state index contributed by atoms with van der Waals surface area (Å²) < 4.78 is 28.2. The van der Waals surface area contributed by atoms with Crippen molar-refractivity contribution in [2.45, 2.75) is 13.3 Å². The number of carbonyl (C=O) groups excluding carboxylic acids is 3. The third kappa shape index (κ3) is 7.25. The normalized spacial score (nSPS) is 10.2. The van der Waals surface area contributed by atoms with Crippen molar-refractivity contribution in [2.75, 3.05) is 26.9 Å². The van der Waals surface area contributed by atoms with E-state index in [2.05, 4.69) is 5.32 Å². The highest BCUT2D eigenvalue weighted by Crippen LogP contribution is 2.28. The summed E-state index contributed by atoms with van der Waals surface area (Å²) in [5.74, 6) is -1.04. The highest BCUT2D eigenvalue weighted by molar-refractivity contribution is 5.94. The summed E-state index contributed by atoms with van der Waals surface area (Å²) in [4.78, 5) is 34.9. The van der Waals surface area contributed by atoms with Crippen molar-refractivity contribution in [1.82, 2.24) is 5.32 Å². The number of rotatable bonds is 10. The number of ether oxygens (including phenoxy) is 3. The molecule has 1 amide bonds. The molecule has 8 heteroatoms. The van der Waals surface area contributed by atoms with Gasteiger partial charge in [-0.25, -0.2) is 9.18 Å². The number of halogens is 1. The molecular formula is C21H22FNO6. The van der Waals surface area contributed by atoms with E-state index in [1.54, 1.807) is 18.2 Å². The predicted molar refractivity (Wildman–Crippen MR) is 103 cm³/mol. The fraction of sp³-hybridized carbons (Fsp3) is 0.286. The number of Topliss-reactive ketones (excluding diaryl/α,β-unsaturated/α-hetero) is 1. The molecule has 2 aromatic carbocycles. The molecule has 0 saturated heterocycles. The second-order valence-corrected chi connectivity index (χ2v) is 6.10. The standard InChI is InChI=1S/C21H22FNO6/c1-14(24)16-5-8-18(19(11-16)27-2)28-13-21(26)29-12-20(25)23-10-9-15-3-6-17(22)7-4-15/h3-8,11H,9-10,12-13H2,1-2H3,(H,23,25). The van der Waals surface area contributed by atoms with Gasteiger partial charge in [0.25, 0.3) is 5.91 Å². The number of esters is 1. The number of nitrogens with one attached hydrogen (secondary N) is 1. The van der Waals surface area contributed by atoms with Crippen LogP contribution in [0.5, 0.6) is 11.5 Å². The zero-order valence-electron chi connectivity index (χ0n) is 16.2. The SMILES string of the molecule is COc1cc(C(C)=O)ccc1OCC(=O)OCC(=O)NCCc1ccc(F)cc1. The van der Waals surface area contributed by atoms with Crippen LogP contribution in [0, 0.1) is 5.82 Å². The minimum absolute atomic E-state index is 0.125. The summed E-state index contributed by atoms with van der Waals surface area (Å²) >= 11 is 0. The third-order valence-electron chi connectivity index (χ3n) is 3.93. The van der Waals surface area contributed by atoms with Gasteiger partial charge in [0.2, 0.25) is 0 Å². The van der Waals surface area contributed by atoms with Gasteiger partial charge in [0.15, 0.2) is 30.5 Å². The molecule has 0 atom stereocenters. The lowest BCUT2D eigenvalue weighted by molar-refractivity contribution is -0.150. The summed E-state index contributed by atoms with van der Waals surface area (Å²) in [6, 6.07) is 10.6. The lowest BCUT2D eigenvalue weighted by Gasteiger charge is -2.11. The van der Waals surface area contributed by atoms with Crippen LogP contribution in [0.25, 0.3) is 0 Å². The van der Waals surface area contributed by atoms with Gasteiger partial charge in [-0.15, -0.1) is 0 Å². The van der Waals surface area contributed by atoms with E-state index in [-0.39, 0.29) is 17.3 Å². The number of carbonyl (C=O) groups is 3. The zero-order valence-corrected chi connectivity index (χ0v) is 16.2. The quantitative estimate of drug-likeness (QED) is 0.484. The molecule has 0 fully saturated rings. The first-order valence-electron chi connectivity index (χ1n) is 8.87. The molecule has 0 aliphatic rings. The van der Waals surface area contributed by atoms with Gasteiger partial charge in [0, 0.05) is 12.1 Å². The predicted octanol–water partition coefficient (Wildman–Crippen LogP) is 2.32. The Bertz CT molecular complexity index is 866. The second kappa shape index (κ2) is 10.8. The fourth-order valence-electron chi connectivity index (χ4n) is 2.38. The van der Waals surface area contributed by atoms with Crippen LogP contribution in [-0.2, 0) is 20.7 Å². The molecule has 0 aliphatic heterocycles. The Morgan fingerprint density at radius 3 is 2.38 bits per heavy atom. The number of ketones is 1. The van der Waals surface area contributed by atoms with Gasteiger partial charge in [0.05, 0.1) is 7.11 Å². The van der Waals surface area contributed by atoms with E-state index in [1.807, 2.05) is 0 Å². The average molecular weight is 403 g/mol. The number of hydrogen-bond acceptors (Lipinski definition) is 6. The Balaban J connectivity index is 1.70. The minimum Gasteiger partial charge on any atom is -0.493 e. The molecule has 0 aromatic heterocycles. The van der Waals surface area contributed by atoms with Crippen molar-refractivity contribution in [1.29, 1.82) is 0 Å². The molecule has 0 saturated carbocycles. The molecule has 0 radical (unpaired) electrons. The number of benzene rings is 2. The molecule has 7 nitrogen and oxygen atoms in total. The molecule has 0 unspecified atom stereocenters.